The Kier molecular flexibility index (Phi) is 5.95. The van der Waals surface area contributed by atoms with Gasteiger partial charge in [-0.1, -0.05) is 23.4 Å². The summed E-state index contributed by atoms with van der Waals surface area (Å²) in [5.41, 5.74) is 0. The fraction of sp³-hybridized carbons (Fsp3) is 0.400. The largest absolute Gasteiger partial charge is 0.484 e. The zero-order valence-electron chi connectivity index (χ0n) is 12.8. The first kappa shape index (κ1) is 17.1. The molecule has 1 fully saturated rings. The quantitative estimate of drug-likeness (QED) is 0.722. The van der Waals surface area contributed by atoms with Crippen LogP contribution >= 0.6 is 23.4 Å². The maximum absolute atomic E-state index is 12.0. The van der Waals surface area contributed by atoms with Crippen LogP contribution in [0, 0.1) is 0 Å². The average Bonchev–Trinajstić information content (AvgIpc) is 3.08. The lowest BCUT2D eigenvalue weighted by Crippen LogP contribution is -2.41. The van der Waals surface area contributed by atoms with E-state index in [2.05, 4.69) is 10.2 Å². The molecule has 2 heterocycles. The highest BCUT2D eigenvalue weighted by molar-refractivity contribution is 7.99. The topological polar surface area (TPSA) is 77.7 Å². The lowest BCUT2D eigenvalue weighted by atomic mass is 10.3. The van der Waals surface area contributed by atoms with Crippen LogP contribution in [0.5, 0.6) is 5.75 Å². The van der Waals surface area contributed by atoms with Crippen LogP contribution in [0.1, 0.15) is 5.89 Å². The molecule has 1 aliphatic rings. The number of carbonyl (C=O) groups is 1. The van der Waals surface area contributed by atoms with Crippen molar-refractivity contribution in [3.05, 3.63) is 35.2 Å². The molecule has 1 saturated heterocycles. The second-order valence-corrected chi connectivity index (χ2v) is 6.35. The van der Waals surface area contributed by atoms with Crippen LogP contribution in [0.4, 0.5) is 0 Å². The number of morpholine rings is 1. The van der Waals surface area contributed by atoms with Gasteiger partial charge in [-0.15, -0.1) is 10.2 Å². The molecule has 0 atom stereocenters. The maximum Gasteiger partial charge on any atom is 0.277 e. The molecule has 0 unspecified atom stereocenters. The molecule has 0 saturated carbocycles. The van der Waals surface area contributed by atoms with Crippen LogP contribution in [0.2, 0.25) is 5.02 Å². The minimum Gasteiger partial charge on any atom is -0.484 e. The van der Waals surface area contributed by atoms with Crippen LogP contribution in [0.3, 0.4) is 0 Å². The molecule has 7 nitrogen and oxygen atoms in total. The normalized spacial score (nSPS) is 14.6. The molecule has 1 aromatic carbocycles. The van der Waals surface area contributed by atoms with E-state index >= 15 is 0 Å². The summed E-state index contributed by atoms with van der Waals surface area (Å²) in [6.07, 6.45) is 0. The summed E-state index contributed by atoms with van der Waals surface area (Å²) in [5, 5.41) is 8.81. The van der Waals surface area contributed by atoms with E-state index in [-0.39, 0.29) is 18.3 Å². The van der Waals surface area contributed by atoms with Crippen molar-refractivity contribution in [3.8, 4) is 5.75 Å². The predicted molar refractivity (Wildman–Crippen MR) is 88.2 cm³/mol. The van der Waals surface area contributed by atoms with E-state index in [4.69, 9.17) is 25.5 Å². The van der Waals surface area contributed by atoms with E-state index in [0.717, 1.165) is 0 Å². The number of halogens is 1. The van der Waals surface area contributed by atoms with Gasteiger partial charge >= 0.3 is 0 Å². The third-order valence-electron chi connectivity index (χ3n) is 3.31. The van der Waals surface area contributed by atoms with Gasteiger partial charge in [0.15, 0.2) is 6.61 Å². The number of nitrogens with zero attached hydrogens (tertiary/aromatic N) is 3. The van der Waals surface area contributed by atoms with Crippen molar-refractivity contribution in [2.24, 2.45) is 0 Å². The molecule has 1 aliphatic heterocycles. The van der Waals surface area contributed by atoms with Crippen LogP contribution in [0.25, 0.3) is 0 Å². The van der Waals surface area contributed by atoms with E-state index in [1.165, 1.54) is 11.8 Å². The van der Waals surface area contributed by atoms with E-state index in [1.807, 2.05) is 0 Å². The van der Waals surface area contributed by atoms with Crippen molar-refractivity contribution in [1.29, 1.82) is 0 Å². The number of hydrogen-bond acceptors (Lipinski definition) is 7. The van der Waals surface area contributed by atoms with Crippen molar-refractivity contribution in [3.63, 3.8) is 0 Å². The molecule has 1 aromatic heterocycles. The predicted octanol–water partition coefficient (Wildman–Crippen LogP) is 2.25. The van der Waals surface area contributed by atoms with E-state index < -0.39 is 0 Å². The van der Waals surface area contributed by atoms with Crippen molar-refractivity contribution in [1.82, 2.24) is 15.1 Å². The summed E-state index contributed by atoms with van der Waals surface area (Å²) in [6.45, 7) is 2.59. The molecular weight excluding hydrogens is 354 g/mol. The van der Waals surface area contributed by atoms with Gasteiger partial charge in [0.25, 0.3) is 11.1 Å². The van der Waals surface area contributed by atoms with Crippen LogP contribution in [0.15, 0.2) is 33.9 Å². The van der Waals surface area contributed by atoms with E-state index in [9.17, 15) is 4.79 Å². The highest BCUT2D eigenvalue weighted by Crippen LogP contribution is 2.19. The first-order chi connectivity index (χ1) is 11.7. The van der Waals surface area contributed by atoms with Gasteiger partial charge in [0.2, 0.25) is 5.91 Å². The zero-order valence-corrected chi connectivity index (χ0v) is 14.4. The van der Waals surface area contributed by atoms with Crippen molar-refractivity contribution < 1.29 is 18.7 Å². The molecule has 0 N–H and O–H groups in total. The van der Waals surface area contributed by atoms with E-state index in [1.54, 1.807) is 29.2 Å². The van der Waals surface area contributed by atoms with Crippen LogP contribution in [-0.4, -0.2) is 53.1 Å². The third-order valence-corrected chi connectivity index (χ3v) is 4.36. The summed E-state index contributed by atoms with van der Waals surface area (Å²) in [7, 11) is 0. The van der Waals surface area contributed by atoms with Gasteiger partial charge in [-0.2, -0.15) is 0 Å². The summed E-state index contributed by atoms with van der Waals surface area (Å²) >= 11 is 7.03. The molecule has 3 rings (SSSR count). The van der Waals surface area contributed by atoms with Gasteiger partial charge in [0.05, 0.1) is 19.0 Å². The SMILES string of the molecule is O=C(CSc1nnc(COc2ccc(Cl)cc2)o1)N1CCOCC1. The van der Waals surface area contributed by atoms with Crippen LogP contribution in [-0.2, 0) is 16.1 Å². The molecular formula is C15H16ClN3O4S. The fourth-order valence-electron chi connectivity index (χ4n) is 2.06. The standard InChI is InChI=1S/C15H16ClN3O4S/c16-11-1-3-12(4-2-11)22-9-13-17-18-15(23-13)24-10-14(20)19-5-7-21-8-6-19/h1-4H,5-10H2. The Morgan fingerprint density at radius 1 is 1.25 bits per heavy atom. The molecule has 24 heavy (non-hydrogen) atoms. The van der Waals surface area contributed by atoms with Crippen molar-refractivity contribution in [2.75, 3.05) is 32.1 Å². The Labute approximate surface area is 148 Å². The average molecular weight is 370 g/mol. The number of hydrogen-bond donors (Lipinski definition) is 0. The number of benzene rings is 1. The molecule has 128 valence electrons. The van der Waals surface area contributed by atoms with Gasteiger partial charge in [-0.3, -0.25) is 4.79 Å². The van der Waals surface area contributed by atoms with Crippen LogP contribution < -0.4 is 4.74 Å². The Morgan fingerprint density at radius 3 is 2.75 bits per heavy atom. The number of thioether (sulfide) groups is 1. The Morgan fingerprint density at radius 2 is 2.00 bits per heavy atom. The molecule has 0 bridgehead atoms. The second kappa shape index (κ2) is 8.36. The number of rotatable bonds is 6. The number of aromatic nitrogens is 2. The lowest BCUT2D eigenvalue weighted by Gasteiger charge is -2.26. The summed E-state index contributed by atoms with van der Waals surface area (Å²) in [6, 6.07) is 7.00. The molecule has 0 radical (unpaired) electrons. The summed E-state index contributed by atoms with van der Waals surface area (Å²) < 4.78 is 16.2. The first-order valence-electron chi connectivity index (χ1n) is 7.40. The Hall–Kier alpha value is -1.77. The summed E-state index contributed by atoms with van der Waals surface area (Å²) in [5.74, 6) is 1.32. The van der Waals surface area contributed by atoms with Gasteiger partial charge in [0, 0.05) is 18.1 Å². The lowest BCUT2D eigenvalue weighted by molar-refractivity contribution is -0.132. The van der Waals surface area contributed by atoms with E-state index in [0.29, 0.717) is 48.2 Å². The monoisotopic (exact) mass is 369 g/mol. The number of carbonyl (C=O) groups excluding carboxylic acids is 1. The molecule has 0 aliphatic carbocycles. The highest BCUT2D eigenvalue weighted by atomic mass is 35.5. The molecule has 1 amide bonds. The summed E-state index contributed by atoms with van der Waals surface area (Å²) in [4.78, 5) is 13.8. The van der Waals surface area contributed by atoms with Crippen molar-refractivity contribution >= 4 is 29.3 Å². The zero-order chi connectivity index (χ0) is 16.8. The third kappa shape index (κ3) is 4.86. The Balaban J connectivity index is 1.44. The molecule has 2 aromatic rings. The fourth-order valence-corrected chi connectivity index (χ4v) is 2.87. The van der Waals surface area contributed by atoms with Crippen molar-refractivity contribution in [2.45, 2.75) is 11.8 Å². The minimum atomic E-state index is 0.0421. The van der Waals surface area contributed by atoms with Gasteiger partial charge in [0.1, 0.15) is 5.75 Å². The van der Waals surface area contributed by atoms with Gasteiger partial charge in [-0.05, 0) is 24.3 Å². The highest BCUT2D eigenvalue weighted by Gasteiger charge is 2.18. The first-order valence-corrected chi connectivity index (χ1v) is 8.76. The molecule has 9 heteroatoms. The number of amides is 1. The second-order valence-electron chi connectivity index (χ2n) is 4.99. The Bertz CT molecular complexity index is 674. The maximum atomic E-state index is 12.0. The van der Waals surface area contributed by atoms with Gasteiger partial charge < -0.3 is 18.8 Å². The van der Waals surface area contributed by atoms with Gasteiger partial charge in [-0.25, -0.2) is 0 Å². The smallest absolute Gasteiger partial charge is 0.277 e. The minimum absolute atomic E-state index is 0.0421. The number of ether oxygens (including phenoxy) is 2. The molecule has 0 spiro atoms.